The summed E-state index contributed by atoms with van der Waals surface area (Å²) in [6.07, 6.45) is 0. The lowest BCUT2D eigenvalue weighted by molar-refractivity contribution is 0.0949. The quantitative estimate of drug-likeness (QED) is 0.623. The molecule has 1 saturated heterocycles. The number of sulfonamides is 1. The SMILES string of the molecule is CC(C)CNC(=O)c1cc(NS(=O)(=O)c2ccc(F)cc2)ccc1N1CCNCC1. The Labute approximate surface area is 176 Å². The lowest BCUT2D eigenvalue weighted by Gasteiger charge is -2.31. The maximum absolute atomic E-state index is 13.1. The minimum atomic E-state index is -3.91. The molecule has 9 heteroatoms. The molecule has 0 spiro atoms. The molecule has 0 atom stereocenters. The number of amides is 1. The first-order valence-corrected chi connectivity index (χ1v) is 11.4. The van der Waals surface area contributed by atoms with Gasteiger partial charge in [-0.2, -0.15) is 0 Å². The minimum absolute atomic E-state index is 0.0547. The molecule has 3 rings (SSSR count). The second-order valence-corrected chi connectivity index (χ2v) is 9.31. The third kappa shape index (κ3) is 5.48. The van der Waals surface area contributed by atoms with Gasteiger partial charge in [-0.05, 0) is 48.4 Å². The highest BCUT2D eigenvalue weighted by atomic mass is 32.2. The van der Waals surface area contributed by atoms with E-state index in [0.29, 0.717) is 12.1 Å². The molecule has 0 aromatic heterocycles. The van der Waals surface area contributed by atoms with E-state index in [4.69, 9.17) is 0 Å². The maximum atomic E-state index is 13.1. The van der Waals surface area contributed by atoms with Crippen molar-refractivity contribution in [1.82, 2.24) is 10.6 Å². The number of carbonyl (C=O) groups is 1. The number of nitrogens with zero attached hydrogens (tertiary/aromatic N) is 1. The number of carbonyl (C=O) groups excluding carboxylic acids is 1. The number of rotatable bonds is 7. The van der Waals surface area contributed by atoms with Crippen LogP contribution in [-0.4, -0.2) is 47.0 Å². The summed E-state index contributed by atoms with van der Waals surface area (Å²) in [7, 11) is -3.91. The smallest absolute Gasteiger partial charge is 0.261 e. The van der Waals surface area contributed by atoms with Crippen LogP contribution >= 0.6 is 0 Å². The molecule has 162 valence electrons. The number of halogens is 1. The van der Waals surface area contributed by atoms with Gasteiger partial charge in [-0.1, -0.05) is 13.8 Å². The number of benzene rings is 2. The topological polar surface area (TPSA) is 90.5 Å². The van der Waals surface area contributed by atoms with Crippen molar-refractivity contribution < 1.29 is 17.6 Å². The molecule has 1 aliphatic rings. The molecule has 0 radical (unpaired) electrons. The summed E-state index contributed by atoms with van der Waals surface area (Å²) in [6.45, 7) is 7.66. The van der Waals surface area contributed by atoms with E-state index in [1.54, 1.807) is 18.2 Å². The molecule has 0 bridgehead atoms. The van der Waals surface area contributed by atoms with Crippen LogP contribution in [0.2, 0.25) is 0 Å². The first-order chi connectivity index (χ1) is 14.3. The first kappa shape index (κ1) is 22.0. The summed E-state index contributed by atoms with van der Waals surface area (Å²) < 4.78 is 40.9. The molecular weight excluding hydrogens is 407 g/mol. The Morgan fingerprint density at radius 3 is 2.43 bits per heavy atom. The Kier molecular flexibility index (Phi) is 6.94. The average molecular weight is 435 g/mol. The van der Waals surface area contributed by atoms with Crippen molar-refractivity contribution in [1.29, 1.82) is 0 Å². The van der Waals surface area contributed by atoms with Gasteiger partial charge in [0.05, 0.1) is 10.5 Å². The van der Waals surface area contributed by atoms with Crippen molar-refractivity contribution in [3.8, 4) is 0 Å². The van der Waals surface area contributed by atoms with Gasteiger partial charge in [0.25, 0.3) is 15.9 Å². The molecule has 2 aromatic rings. The second-order valence-electron chi connectivity index (χ2n) is 7.63. The number of hydrogen-bond acceptors (Lipinski definition) is 5. The van der Waals surface area contributed by atoms with Crippen LogP contribution in [0.5, 0.6) is 0 Å². The van der Waals surface area contributed by atoms with Gasteiger partial charge in [-0.25, -0.2) is 12.8 Å². The highest BCUT2D eigenvalue weighted by Gasteiger charge is 2.21. The highest BCUT2D eigenvalue weighted by Crippen LogP contribution is 2.26. The standard InChI is InChI=1S/C21H27FN4O3S/c1-15(2)14-24-21(27)19-13-17(5-8-20(19)26-11-9-23-10-12-26)25-30(28,29)18-6-3-16(22)4-7-18/h3-8,13,15,23,25H,9-12,14H2,1-2H3,(H,24,27). The summed E-state index contributed by atoms with van der Waals surface area (Å²) in [5.41, 5.74) is 1.45. The molecule has 30 heavy (non-hydrogen) atoms. The Morgan fingerprint density at radius 1 is 1.13 bits per heavy atom. The molecular formula is C21H27FN4O3S. The summed E-state index contributed by atoms with van der Waals surface area (Å²) >= 11 is 0. The fourth-order valence-electron chi connectivity index (χ4n) is 3.18. The summed E-state index contributed by atoms with van der Waals surface area (Å²) in [6, 6.07) is 9.52. The summed E-state index contributed by atoms with van der Waals surface area (Å²) in [5.74, 6) is -0.477. The van der Waals surface area contributed by atoms with Crippen LogP contribution < -0.4 is 20.3 Å². The van der Waals surface area contributed by atoms with E-state index in [1.165, 1.54) is 12.1 Å². The minimum Gasteiger partial charge on any atom is -0.368 e. The second kappa shape index (κ2) is 9.44. The van der Waals surface area contributed by atoms with Crippen LogP contribution in [0.15, 0.2) is 47.4 Å². The van der Waals surface area contributed by atoms with Crippen LogP contribution in [-0.2, 0) is 10.0 Å². The van der Waals surface area contributed by atoms with Crippen molar-refractivity contribution in [2.24, 2.45) is 5.92 Å². The Bertz CT molecular complexity index is 988. The van der Waals surface area contributed by atoms with E-state index in [2.05, 4.69) is 20.3 Å². The summed E-state index contributed by atoms with van der Waals surface area (Å²) in [4.78, 5) is 14.9. The van der Waals surface area contributed by atoms with Crippen LogP contribution in [0.4, 0.5) is 15.8 Å². The number of nitrogens with one attached hydrogen (secondary N) is 3. The average Bonchev–Trinajstić information content (AvgIpc) is 2.72. The molecule has 0 saturated carbocycles. The third-order valence-corrected chi connectivity index (χ3v) is 6.14. The predicted octanol–water partition coefficient (Wildman–Crippen LogP) is 2.42. The number of anilines is 2. The van der Waals surface area contributed by atoms with Gasteiger partial charge >= 0.3 is 0 Å². The zero-order chi connectivity index (χ0) is 21.7. The third-order valence-electron chi connectivity index (χ3n) is 4.75. The number of hydrogen-bond donors (Lipinski definition) is 3. The summed E-state index contributed by atoms with van der Waals surface area (Å²) in [5, 5.41) is 6.18. The number of piperazine rings is 1. The first-order valence-electron chi connectivity index (χ1n) is 9.92. The van der Waals surface area contributed by atoms with Crippen LogP contribution in [0.3, 0.4) is 0 Å². The Hall–Kier alpha value is -2.65. The Morgan fingerprint density at radius 2 is 1.80 bits per heavy atom. The molecule has 0 aliphatic carbocycles. The van der Waals surface area contributed by atoms with E-state index < -0.39 is 15.8 Å². The van der Waals surface area contributed by atoms with Crippen molar-refractivity contribution in [2.75, 3.05) is 42.3 Å². The van der Waals surface area contributed by atoms with Gasteiger partial charge < -0.3 is 15.5 Å². The van der Waals surface area contributed by atoms with Crippen LogP contribution in [0.1, 0.15) is 24.2 Å². The maximum Gasteiger partial charge on any atom is 0.261 e. The Balaban J connectivity index is 1.90. The van der Waals surface area contributed by atoms with Gasteiger partial charge in [-0.15, -0.1) is 0 Å². The van der Waals surface area contributed by atoms with E-state index in [1.807, 2.05) is 13.8 Å². The molecule has 1 fully saturated rings. The van der Waals surface area contributed by atoms with Gasteiger partial charge in [0, 0.05) is 44.1 Å². The van der Waals surface area contributed by atoms with Crippen LogP contribution in [0.25, 0.3) is 0 Å². The van der Waals surface area contributed by atoms with Crippen molar-refractivity contribution in [3.05, 3.63) is 53.8 Å². The van der Waals surface area contributed by atoms with E-state index >= 15 is 0 Å². The van der Waals surface area contributed by atoms with Gasteiger partial charge in [0.1, 0.15) is 5.82 Å². The monoisotopic (exact) mass is 434 g/mol. The lowest BCUT2D eigenvalue weighted by atomic mass is 10.1. The fourth-order valence-corrected chi connectivity index (χ4v) is 4.23. The zero-order valence-corrected chi connectivity index (χ0v) is 17.9. The largest absolute Gasteiger partial charge is 0.368 e. The fraction of sp³-hybridized carbons (Fsp3) is 0.381. The van der Waals surface area contributed by atoms with E-state index in [0.717, 1.165) is 44.0 Å². The lowest BCUT2D eigenvalue weighted by Crippen LogP contribution is -2.44. The molecule has 2 aromatic carbocycles. The molecule has 3 N–H and O–H groups in total. The van der Waals surface area contributed by atoms with Crippen molar-refractivity contribution in [3.63, 3.8) is 0 Å². The van der Waals surface area contributed by atoms with E-state index in [9.17, 15) is 17.6 Å². The molecule has 1 heterocycles. The zero-order valence-electron chi connectivity index (χ0n) is 17.1. The predicted molar refractivity (Wildman–Crippen MR) is 116 cm³/mol. The van der Waals surface area contributed by atoms with Gasteiger partial charge in [0.2, 0.25) is 0 Å². The van der Waals surface area contributed by atoms with E-state index in [-0.39, 0.29) is 22.4 Å². The van der Waals surface area contributed by atoms with Crippen molar-refractivity contribution in [2.45, 2.75) is 18.7 Å². The van der Waals surface area contributed by atoms with Crippen molar-refractivity contribution >= 4 is 27.3 Å². The van der Waals surface area contributed by atoms with Crippen LogP contribution in [0, 0.1) is 11.7 Å². The molecule has 1 aliphatic heterocycles. The normalized spacial score (nSPS) is 14.6. The molecule has 1 amide bonds. The highest BCUT2D eigenvalue weighted by molar-refractivity contribution is 7.92. The molecule has 7 nitrogen and oxygen atoms in total. The van der Waals surface area contributed by atoms with Gasteiger partial charge in [0.15, 0.2) is 0 Å². The molecule has 0 unspecified atom stereocenters. The van der Waals surface area contributed by atoms with Gasteiger partial charge in [-0.3, -0.25) is 9.52 Å².